The van der Waals surface area contributed by atoms with Crippen molar-refractivity contribution in [1.29, 1.82) is 0 Å². The van der Waals surface area contributed by atoms with Gasteiger partial charge in [0.25, 0.3) is 0 Å². The monoisotopic (exact) mass is 407 g/mol. The van der Waals surface area contributed by atoms with Crippen LogP contribution in [0.2, 0.25) is 0 Å². The molecule has 3 rings (SSSR count). The number of fused-ring (bicyclic) bond motifs is 1. The lowest BCUT2D eigenvalue weighted by Gasteiger charge is -2.22. The van der Waals surface area contributed by atoms with Crippen LogP contribution in [0.1, 0.15) is 41.1 Å². The first kappa shape index (κ1) is 15.3. The van der Waals surface area contributed by atoms with E-state index in [-0.39, 0.29) is 6.04 Å². The van der Waals surface area contributed by atoms with Crippen LogP contribution in [0.3, 0.4) is 0 Å². The van der Waals surface area contributed by atoms with E-state index in [0.717, 1.165) is 8.95 Å². The number of hydrogen-bond acceptors (Lipinski definition) is 1. The van der Waals surface area contributed by atoms with Crippen molar-refractivity contribution in [2.45, 2.75) is 31.7 Å². The molecule has 0 heterocycles. The Balaban J connectivity index is 1.99. The predicted octanol–water partition coefficient (Wildman–Crippen LogP) is 5.40. The van der Waals surface area contributed by atoms with Gasteiger partial charge in [-0.2, -0.15) is 0 Å². The first-order valence-corrected chi connectivity index (χ1v) is 9.01. The number of benzene rings is 2. The fourth-order valence-electron chi connectivity index (χ4n) is 3.20. The average molecular weight is 409 g/mol. The summed E-state index contributed by atoms with van der Waals surface area (Å²) in [6.07, 6.45) is 5.12. The van der Waals surface area contributed by atoms with E-state index in [1.165, 1.54) is 47.9 Å². The Labute approximate surface area is 143 Å². The first-order valence-electron chi connectivity index (χ1n) is 7.42. The van der Waals surface area contributed by atoms with Gasteiger partial charge in [0, 0.05) is 8.95 Å². The van der Waals surface area contributed by atoms with E-state index in [1.54, 1.807) is 0 Å². The molecular weight excluding hydrogens is 390 g/mol. The minimum Gasteiger partial charge on any atom is -0.309 e. The minimum absolute atomic E-state index is 0.228. The minimum atomic E-state index is 0.228. The molecule has 1 nitrogen and oxygen atoms in total. The quantitative estimate of drug-likeness (QED) is 0.716. The molecule has 1 unspecified atom stereocenters. The van der Waals surface area contributed by atoms with E-state index < -0.39 is 0 Å². The molecule has 0 amide bonds. The molecule has 0 aromatic heterocycles. The van der Waals surface area contributed by atoms with Crippen molar-refractivity contribution in [3.8, 4) is 0 Å². The Morgan fingerprint density at radius 2 is 1.52 bits per heavy atom. The van der Waals surface area contributed by atoms with Gasteiger partial charge in [-0.3, -0.25) is 0 Å². The molecule has 1 N–H and O–H groups in total. The van der Waals surface area contributed by atoms with Gasteiger partial charge < -0.3 is 5.32 Å². The highest BCUT2D eigenvalue weighted by atomic mass is 79.9. The molecule has 0 saturated heterocycles. The molecule has 0 radical (unpaired) electrons. The number of hydrogen-bond donors (Lipinski definition) is 1. The van der Waals surface area contributed by atoms with Crippen molar-refractivity contribution >= 4 is 31.9 Å². The van der Waals surface area contributed by atoms with Gasteiger partial charge in [0.15, 0.2) is 0 Å². The van der Waals surface area contributed by atoms with Crippen LogP contribution in [0.25, 0.3) is 0 Å². The summed E-state index contributed by atoms with van der Waals surface area (Å²) in [5, 5.41) is 3.45. The van der Waals surface area contributed by atoms with E-state index in [4.69, 9.17) is 0 Å². The average Bonchev–Trinajstić information content (AvgIpc) is 2.47. The predicted molar refractivity (Wildman–Crippen MR) is 95.8 cm³/mol. The fraction of sp³-hybridized carbons (Fsp3) is 0.333. The van der Waals surface area contributed by atoms with Gasteiger partial charge in [-0.15, -0.1) is 0 Å². The van der Waals surface area contributed by atoms with Crippen LogP contribution in [0.15, 0.2) is 45.3 Å². The van der Waals surface area contributed by atoms with Crippen LogP contribution in [0.5, 0.6) is 0 Å². The molecular formula is C18H19Br2N. The molecule has 21 heavy (non-hydrogen) atoms. The second-order valence-corrected chi connectivity index (χ2v) is 7.49. The van der Waals surface area contributed by atoms with Crippen LogP contribution in [-0.2, 0) is 12.8 Å². The van der Waals surface area contributed by atoms with Crippen LogP contribution >= 0.6 is 31.9 Å². The summed E-state index contributed by atoms with van der Waals surface area (Å²) >= 11 is 7.17. The summed E-state index contributed by atoms with van der Waals surface area (Å²) in [4.78, 5) is 0. The summed E-state index contributed by atoms with van der Waals surface area (Å²) < 4.78 is 2.20. The van der Waals surface area contributed by atoms with Crippen molar-refractivity contribution in [2.24, 2.45) is 0 Å². The highest BCUT2D eigenvalue weighted by Crippen LogP contribution is 2.30. The molecule has 2 aromatic rings. The number of nitrogens with one attached hydrogen (secondary N) is 1. The molecule has 0 spiro atoms. The van der Waals surface area contributed by atoms with Crippen molar-refractivity contribution in [3.63, 3.8) is 0 Å². The second kappa shape index (κ2) is 6.64. The standard InChI is InChI=1S/C18H19Br2N/c1-21-18(15-9-16(19)11-17(20)10-15)14-7-6-12-4-2-3-5-13(12)8-14/h6-11,18,21H,2-5H2,1H3. The van der Waals surface area contributed by atoms with E-state index in [1.807, 2.05) is 7.05 Å². The van der Waals surface area contributed by atoms with Gasteiger partial charge in [-0.05, 0) is 73.2 Å². The molecule has 2 aromatic carbocycles. The Hall–Kier alpha value is -0.640. The Bertz CT molecular complexity index is 631. The summed E-state index contributed by atoms with van der Waals surface area (Å²) in [6.45, 7) is 0. The summed E-state index contributed by atoms with van der Waals surface area (Å²) in [7, 11) is 2.03. The van der Waals surface area contributed by atoms with Crippen molar-refractivity contribution in [3.05, 3.63) is 67.6 Å². The smallest absolute Gasteiger partial charge is 0.0575 e. The van der Waals surface area contributed by atoms with Crippen molar-refractivity contribution < 1.29 is 0 Å². The molecule has 0 saturated carbocycles. The van der Waals surface area contributed by atoms with Gasteiger partial charge in [-0.1, -0.05) is 50.1 Å². The van der Waals surface area contributed by atoms with Gasteiger partial charge in [0.2, 0.25) is 0 Å². The Morgan fingerprint density at radius 1 is 0.857 bits per heavy atom. The zero-order chi connectivity index (χ0) is 14.8. The number of rotatable bonds is 3. The SMILES string of the molecule is CNC(c1cc(Br)cc(Br)c1)c1ccc2c(c1)CCCC2. The van der Waals surface area contributed by atoms with Gasteiger partial charge in [-0.25, -0.2) is 0 Å². The molecule has 3 heteroatoms. The van der Waals surface area contributed by atoms with Gasteiger partial charge in [0.1, 0.15) is 0 Å². The maximum atomic E-state index is 3.59. The van der Waals surface area contributed by atoms with Crippen molar-refractivity contribution in [2.75, 3.05) is 7.05 Å². The lowest BCUT2D eigenvalue weighted by molar-refractivity contribution is 0.667. The highest BCUT2D eigenvalue weighted by Gasteiger charge is 2.16. The van der Waals surface area contributed by atoms with E-state index >= 15 is 0 Å². The van der Waals surface area contributed by atoms with Crippen LogP contribution in [0, 0.1) is 0 Å². The van der Waals surface area contributed by atoms with E-state index in [2.05, 4.69) is 73.6 Å². The maximum absolute atomic E-state index is 3.59. The third-order valence-corrected chi connectivity index (χ3v) is 5.13. The lowest BCUT2D eigenvalue weighted by Crippen LogP contribution is -2.18. The van der Waals surface area contributed by atoms with E-state index in [9.17, 15) is 0 Å². The third-order valence-electron chi connectivity index (χ3n) is 4.21. The molecule has 1 atom stereocenters. The van der Waals surface area contributed by atoms with Crippen LogP contribution < -0.4 is 5.32 Å². The first-order chi connectivity index (χ1) is 10.2. The summed E-state index contributed by atoms with van der Waals surface area (Å²) in [6, 6.07) is 13.7. The van der Waals surface area contributed by atoms with Gasteiger partial charge >= 0.3 is 0 Å². The molecule has 110 valence electrons. The van der Waals surface area contributed by atoms with E-state index in [0.29, 0.717) is 0 Å². The fourth-order valence-corrected chi connectivity index (χ4v) is 4.53. The molecule has 0 bridgehead atoms. The zero-order valence-electron chi connectivity index (χ0n) is 12.1. The second-order valence-electron chi connectivity index (χ2n) is 5.66. The van der Waals surface area contributed by atoms with Crippen LogP contribution in [-0.4, -0.2) is 7.05 Å². The normalized spacial score (nSPS) is 15.6. The summed E-state index contributed by atoms with van der Waals surface area (Å²) in [5.74, 6) is 0. The molecule has 0 fully saturated rings. The number of aryl methyl sites for hydroxylation is 2. The van der Waals surface area contributed by atoms with Crippen LogP contribution in [0.4, 0.5) is 0 Å². The molecule has 0 aliphatic heterocycles. The Morgan fingerprint density at radius 3 is 2.19 bits per heavy atom. The maximum Gasteiger partial charge on any atom is 0.0575 e. The zero-order valence-corrected chi connectivity index (χ0v) is 15.3. The largest absolute Gasteiger partial charge is 0.309 e. The molecule has 1 aliphatic rings. The topological polar surface area (TPSA) is 12.0 Å². The van der Waals surface area contributed by atoms with Crippen molar-refractivity contribution in [1.82, 2.24) is 5.32 Å². The lowest BCUT2D eigenvalue weighted by atomic mass is 9.88. The van der Waals surface area contributed by atoms with Gasteiger partial charge in [0.05, 0.1) is 6.04 Å². The molecule has 1 aliphatic carbocycles. The third kappa shape index (κ3) is 3.41. The highest BCUT2D eigenvalue weighted by molar-refractivity contribution is 9.11. The number of halogens is 2. The Kier molecular flexibility index (Phi) is 4.82. The summed E-state index contributed by atoms with van der Waals surface area (Å²) in [5.41, 5.74) is 5.70.